The lowest BCUT2D eigenvalue weighted by atomic mass is 10.1. The maximum Gasteiger partial charge on any atom is 0.387 e. The van der Waals surface area contributed by atoms with Crippen molar-refractivity contribution >= 4 is 17.8 Å². The first kappa shape index (κ1) is 17.8. The van der Waals surface area contributed by atoms with Gasteiger partial charge in [0.1, 0.15) is 5.75 Å². The molecule has 0 unspecified atom stereocenters. The van der Waals surface area contributed by atoms with Crippen molar-refractivity contribution in [3.8, 4) is 5.75 Å². The SMILES string of the molecule is O=C(COC(=O)C1CCCC1)NC(=O)c1ccc(OC(F)F)cc1. The van der Waals surface area contributed by atoms with E-state index in [2.05, 4.69) is 10.1 Å². The lowest BCUT2D eigenvalue weighted by Gasteiger charge is -2.09. The van der Waals surface area contributed by atoms with Gasteiger partial charge in [0.25, 0.3) is 11.8 Å². The quantitative estimate of drug-likeness (QED) is 0.803. The van der Waals surface area contributed by atoms with Crippen molar-refractivity contribution in [2.45, 2.75) is 32.3 Å². The molecule has 0 spiro atoms. The summed E-state index contributed by atoms with van der Waals surface area (Å²) in [4.78, 5) is 35.1. The van der Waals surface area contributed by atoms with Gasteiger partial charge in [-0.15, -0.1) is 0 Å². The fraction of sp³-hybridized carbons (Fsp3) is 0.438. The first-order valence-corrected chi connectivity index (χ1v) is 7.51. The molecule has 0 aliphatic heterocycles. The van der Waals surface area contributed by atoms with E-state index >= 15 is 0 Å². The van der Waals surface area contributed by atoms with E-state index in [4.69, 9.17) is 4.74 Å². The van der Waals surface area contributed by atoms with Gasteiger partial charge in [-0.2, -0.15) is 8.78 Å². The van der Waals surface area contributed by atoms with E-state index in [9.17, 15) is 23.2 Å². The molecule has 0 heterocycles. The molecule has 2 rings (SSSR count). The number of halogens is 2. The van der Waals surface area contributed by atoms with Gasteiger partial charge < -0.3 is 9.47 Å². The molecule has 130 valence electrons. The van der Waals surface area contributed by atoms with E-state index in [0.717, 1.165) is 25.7 Å². The number of alkyl halides is 2. The average molecular weight is 341 g/mol. The van der Waals surface area contributed by atoms with Crippen LogP contribution in [-0.2, 0) is 14.3 Å². The number of benzene rings is 1. The van der Waals surface area contributed by atoms with E-state index in [-0.39, 0.29) is 17.2 Å². The summed E-state index contributed by atoms with van der Waals surface area (Å²) >= 11 is 0. The second-order valence-corrected chi connectivity index (χ2v) is 5.37. The third-order valence-corrected chi connectivity index (χ3v) is 3.63. The molecule has 0 radical (unpaired) electrons. The second-order valence-electron chi connectivity index (χ2n) is 5.37. The number of hydrogen-bond acceptors (Lipinski definition) is 5. The summed E-state index contributed by atoms with van der Waals surface area (Å²) in [6.45, 7) is -3.49. The van der Waals surface area contributed by atoms with Gasteiger partial charge in [0.2, 0.25) is 0 Å². The number of rotatable bonds is 6. The highest BCUT2D eigenvalue weighted by molar-refractivity contribution is 6.05. The number of hydrogen-bond donors (Lipinski definition) is 1. The Bertz CT molecular complexity index is 597. The highest BCUT2D eigenvalue weighted by Gasteiger charge is 2.24. The lowest BCUT2D eigenvalue weighted by molar-refractivity contribution is -0.152. The number of carbonyl (C=O) groups is 3. The van der Waals surface area contributed by atoms with Crippen LogP contribution in [0.3, 0.4) is 0 Å². The summed E-state index contributed by atoms with van der Waals surface area (Å²) in [5.41, 5.74) is 0.0899. The summed E-state index contributed by atoms with van der Waals surface area (Å²) in [7, 11) is 0. The topological polar surface area (TPSA) is 81.7 Å². The fourth-order valence-electron chi connectivity index (χ4n) is 2.44. The summed E-state index contributed by atoms with van der Waals surface area (Å²) in [6.07, 6.45) is 3.45. The van der Waals surface area contributed by atoms with Gasteiger partial charge in [0.15, 0.2) is 6.61 Å². The van der Waals surface area contributed by atoms with Gasteiger partial charge in [-0.3, -0.25) is 19.7 Å². The zero-order valence-electron chi connectivity index (χ0n) is 12.8. The molecule has 1 N–H and O–H groups in total. The highest BCUT2D eigenvalue weighted by Crippen LogP contribution is 2.25. The molecule has 1 aromatic rings. The smallest absolute Gasteiger partial charge is 0.387 e. The molecule has 2 amide bonds. The molecule has 0 aromatic heterocycles. The summed E-state index contributed by atoms with van der Waals surface area (Å²) in [5.74, 6) is -2.17. The minimum Gasteiger partial charge on any atom is -0.455 e. The number of imide groups is 1. The van der Waals surface area contributed by atoms with Crippen LogP contribution < -0.4 is 10.1 Å². The Morgan fingerprint density at radius 1 is 1.12 bits per heavy atom. The van der Waals surface area contributed by atoms with Crippen LogP contribution in [0.4, 0.5) is 8.78 Å². The van der Waals surface area contributed by atoms with Crippen LogP contribution in [0.2, 0.25) is 0 Å². The normalized spacial score (nSPS) is 14.5. The van der Waals surface area contributed by atoms with Crippen LogP contribution >= 0.6 is 0 Å². The summed E-state index contributed by atoms with van der Waals surface area (Å²) in [5, 5.41) is 2.06. The van der Waals surface area contributed by atoms with Gasteiger partial charge in [-0.05, 0) is 37.1 Å². The summed E-state index contributed by atoms with van der Waals surface area (Å²) < 4.78 is 33.1. The Morgan fingerprint density at radius 3 is 2.33 bits per heavy atom. The third-order valence-electron chi connectivity index (χ3n) is 3.63. The second kappa shape index (κ2) is 8.37. The van der Waals surface area contributed by atoms with Crippen molar-refractivity contribution in [2.24, 2.45) is 5.92 Å². The number of esters is 1. The maximum absolute atomic E-state index is 12.0. The Hall–Kier alpha value is -2.51. The molecule has 0 saturated heterocycles. The minimum absolute atomic E-state index is 0.0899. The Balaban J connectivity index is 1.78. The number of nitrogens with one attached hydrogen (secondary N) is 1. The van der Waals surface area contributed by atoms with Crippen LogP contribution in [0.25, 0.3) is 0 Å². The van der Waals surface area contributed by atoms with Crippen molar-refractivity contribution in [3.63, 3.8) is 0 Å². The standard InChI is InChI=1S/C16H17F2NO5/c17-16(18)24-12-7-5-10(6-8-12)14(21)19-13(20)9-23-15(22)11-3-1-2-4-11/h5-8,11,16H,1-4,9H2,(H,19,20,21). The van der Waals surface area contributed by atoms with Gasteiger partial charge in [0, 0.05) is 5.56 Å². The summed E-state index contributed by atoms with van der Waals surface area (Å²) in [6, 6.07) is 4.85. The van der Waals surface area contributed by atoms with Crippen LogP contribution in [0.5, 0.6) is 5.75 Å². The van der Waals surface area contributed by atoms with E-state index in [0.29, 0.717) is 0 Å². The van der Waals surface area contributed by atoms with Crippen molar-refractivity contribution in [1.29, 1.82) is 0 Å². The van der Waals surface area contributed by atoms with Crippen LogP contribution in [0.1, 0.15) is 36.0 Å². The van der Waals surface area contributed by atoms with Gasteiger partial charge in [0.05, 0.1) is 5.92 Å². The van der Waals surface area contributed by atoms with E-state index in [1.54, 1.807) is 0 Å². The van der Waals surface area contributed by atoms with Crippen molar-refractivity contribution in [3.05, 3.63) is 29.8 Å². The zero-order chi connectivity index (χ0) is 17.5. The Labute approximate surface area is 137 Å². The third kappa shape index (κ3) is 5.29. The van der Waals surface area contributed by atoms with Crippen molar-refractivity contribution in [2.75, 3.05) is 6.61 Å². The molecule has 0 atom stereocenters. The monoisotopic (exact) mass is 341 g/mol. The largest absolute Gasteiger partial charge is 0.455 e. The first-order valence-electron chi connectivity index (χ1n) is 7.51. The van der Waals surface area contributed by atoms with Crippen molar-refractivity contribution < 1.29 is 32.6 Å². The van der Waals surface area contributed by atoms with Crippen molar-refractivity contribution in [1.82, 2.24) is 5.32 Å². The van der Waals surface area contributed by atoms with Gasteiger partial charge >= 0.3 is 12.6 Å². The average Bonchev–Trinajstić information content (AvgIpc) is 3.07. The lowest BCUT2D eigenvalue weighted by Crippen LogP contribution is -2.34. The van der Waals surface area contributed by atoms with Crippen LogP contribution in [0, 0.1) is 5.92 Å². The molecular weight excluding hydrogens is 324 g/mol. The molecule has 8 heteroatoms. The van der Waals surface area contributed by atoms with E-state index in [1.165, 1.54) is 24.3 Å². The highest BCUT2D eigenvalue weighted by atomic mass is 19.3. The fourth-order valence-corrected chi connectivity index (χ4v) is 2.44. The zero-order valence-corrected chi connectivity index (χ0v) is 12.8. The molecule has 1 fully saturated rings. The molecule has 24 heavy (non-hydrogen) atoms. The van der Waals surface area contributed by atoms with Crippen LogP contribution in [-0.4, -0.2) is 31.0 Å². The molecule has 1 aliphatic carbocycles. The van der Waals surface area contributed by atoms with E-state index < -0.39 is 31.0 Å². The van der Waals surface area contributed by atoms with Gasteiger partial charge in [-0.25, -0.2) is 0 Å². The predicted octanol–water partition coefficient (Wildman–Crippen LogP) is 2.28. The molecule has 1 aliphatic rings. The number of amides is 2. The number of ether oxygens (including phenoxy) is 2. The molecule has 1 aromatic carbocycles. The Morgan fingerprint density at radius 2 is 1.75 bits per heavy atom. The molecular formula is C16H17F2NO5. The first-order chi connectivity index (χ1) is 11.5. The number of carbonyl (C=O) groups excluding carboxylic acids is 3. The predicted molar refractivity (Wildman–Crippen MR) is 78.5 cm³/mol. The van der Waals surface area contributed by atoms with Crippen LogP contribution in [0.15, 0.2) is 24.3 Å². The Kier molecular flexibility index (Phi) is 6.22. The minimum atomic E-state index is -2.96. The molecule has 6 nitrogen and oxygen atoms in total. The van der Waals surface area contributed by atoms with E-state index in [1.807, 2.05) is 0 Å². The van der Waals surface area contributed by atoms with Gasteiger partial charge in [-0.1, -0.05) is 12.8 Å². The maximum atomic E-state index is 12.0. The molecule has 1 saturated carbocycles. The molecule has 0 bridgehead atoms.